The molecule has 138 valence electrons. The number of rotatable bonds is 4. The van der Waals surface area contributed by atoms with Crippen LogP contribution in [0.5, 0.6) is 0 Å². The normalized spacial score (nSPS) is 27.2. The summed E-state index contributed by atoms with van der Waals surface area (Å²) >= 11 is 0. The molecular weight excluding hydrogens is 329 g/mol. The lowest BCUT2D eigenvalue weighted by Gasteiger charge is -2.36. The van der Waals surface area contributed by atoms with Crippen LogP contribution in [0.4, 0.5) is 13.2 Å². The molecule has 3 unspecified atom stereocenters. The molecule has 0 saturated carbocycles. The molecule has 1 aromatic rings. The zero-order chi connectivity index (χ0) is 18.2. The summed E-state index contributed by atoms with van der Waals surface area (Å²) in [6.07, 6.45) is 0.156. The van der Waals surface area contributed by atoms with E-state index in [2.05, 4.69) is 5.32 Å². The Labute approximate surface area is 146 Å². The van der Waals surface area contributed by atoms with E-state index in [-0.39, 0.29) is 24.3 Å². The molecule has 2 aliphatic rings. The molecule has 0 radical (unpaired) electrons. The van der Waals surface area contributed by atoms with Gasteiger partial charge in [-0.25, -0.2) is 0 Å². The van der Waals surface area contributed by atoms with Crippen molar-refractivity contribution in [2.75, 3.05) is 7.05 Å². The van der Waals surface area contributed by atoms with Gasteiger partial charge >= 0.3 is 6.18 Å². The maximum atomic E-state index is 12.9. The maximum absolute atomic E-state index is 12.9. The smallest absolute Gasteiger partial charge is 0.343 e. The lowest BCUT2D eigenvalue weighted by atomic mass is 9.94. The zero-order valence-corrected chi connectivity index (χ0v) is 14.6. The number of benzene rings is 1. The second kappa shape index (κ2) is 6.98. The molecule has 0 aromatic heterocycles. The summed E-state index contributed by atoms with van der Waals surface area (Å²) in [5.41, 5.74) is -0.102. The molecule has 2 heterocycles. The van der Waals surface area contributed by atoms with E-state index in [0.717, 1.165) is 25.0 Å². The van der Waals surface area contributed by atoms with Gasteiger partial charge in [0, 0.05) is 31.6 Å². The molecule has 0 spiro atoms. The number of hydrogen-bond acceptors (Lipinski definition) is 2. The molecule has 3 nitrogen and oxygen atoms in total. The third kappa shape index (κ3) is 4.17. The number of nitrogens with zero attached hydrogens (tertiary/aromatic N) is 1. The Bertz CT molecular complexity index is 619. The van der Waals surface area contributed by atoms with Crippen LogP contribution in [0.25, 0.3) is 0 Å². The number of nitrogens with one attached hydrogen (secondary N) is 1. The van der Waals surface area contributed by atoms with Gasteiger partial charge < -0.3 is 10.2 Å². The van der Waals surface area contributed by atoms with Gasteiger partial charge in [0.05, 0.1) is 5.56 Å². The molecule has 6 heteroatoms. The highest BCUT2D eigenvalue weighted by Crippen LogP contribution is 2.33. The van der Waals surface area contributed by atoms with E-state index in [1.165, 1.54) is 18.9 Å². The van der Waals surface area contributed by atoms with Crippen LogP contribution in [0.2, 0.25) is 0 Å². The predicted molar refractivity (Wildman–Crippen MR) is 90.2 cm³/mol. The van der Waals surface area contributed by atoms with Crippen LogP contribution in [-0.2, 0) is 11.0 Å². The topological polar surface area (TPSA) is 32.3 Å². The van der Waals surface area contributed by atoms with Crippen LogP contribution in [-0.4, -0.2) is 36.0 Å². The summed E-state index contributed by atoms with van der Waals surface area (Å²) in [6, 6.07) is 6.53. The van der Waals surface area contributed by atoms with Crippen LogP contribution in [0.1, 0.15) is 56.1 Å². The quantitative estimate of drug-likeness (QED) is 0.888. The third-order valence-electron chi connectivity index (χ3n) is 5.65. The van der Waals surface area contributed by atoms with Crippen LogP contribution < -0.4 is 5.32 Å². The number of amides is 1. The highest BCUT2D eigenvalue weighted by Gasteiger charge is 2.36. The Morgan fingerprint density at radius 2 is 1.92 bits per heavy atom. The molecule has 1 amide bonds. The van der Waals surface area contributed by atoms with E-state index >= 15 is 0 Å². The standard InChI is InChI=1S/C19H25F3N2O/c1-12(13-4-3-5-14(9-13)19(20,21)22)8-18(25)24(2)17-10-15-6-7-16(11-17)23-15/h3-5,9,12,15-17,23H,6-8,10-11H2,1-2H3. The Kier molecular flexibility index (Phi) is 5.09. The SMILES string of the molecule is CC(CC(=O)N(C)C1CC2CCC(C1)N2)c1cccc(C(F)(F)F)c1. The molecule has 2 aliphatic heterocycles. The summed E-state index contributed by atoms with van der Waals surface area (Å²) in [4.78, 5) is 14.4. The minimum atomic E-state index is -4.36. The molecule has 0 aliphatic carbocycles. The van der Waals surface area contributed by atoms with Gasteiger partial charge in [0.25, 0.3) is 0 Å². The van der Waals surface area contributed by atoms with Crippen molar-refractivity contribution in [3.8, 4) is 0 Å². The fourth-order valence-electron chi connectivity index (χ4n) is 4.09. The summed E-state index contributed by atoms with van der Waals surface area (Å²) in [7, 11) is 1.83. The van der Waals surface area contributed by atoms with E-state index < -0.39 is 11.7 Å². The summed E-state index contributed by atoms with van der Waals surface area (Å²) < 4.78 is 38.6. The molecule has 25 heavy (non-hydrogen) atoms. The minimum Gasteiger partial charge on any atom is -0.343 e. The second-order valence-electron chi connectivity index (χ2n) is 7.50. The lowest BCUT2D eigenvalue weighted by Crippen LogP contribution is -2.48. The van der Waals surface area contributed by atoms with Gasteiger partial charge in [-0.3, -0.25) is 4.79 Å². The number of halogens is 3. The maximum Gasteiger partial charge on any atom is 0.416 e. The molecule has 3 atom stereocenters. The zero-order valence-electron chi connectivity index (χ0n) is 14.6. The second-order valence-corrected chi connectivity index (χ2v) is 7.50. The monoisotopic (exact) mass is 354 g/mol. The highest BCUT2D eigenvalue weighted by molar-refractivity contribution is 5.77. The third-order valence-corrected chi connectivity index (χ3v) is 5.65. The van der Waals surface area contributed by atoms with E-state index in [0.29, 0.717) is 17.6 Å². The first-order chi connectivity index (χ1) is 11.7. The van der Waals surface area contributed by atoms with E-state index in [9.17, 15) is 18.0 Å². The van der Waals surface area contributed by atoms with Gasteiger partial charge in [-0.05, 0) is 43.2 Å². The fourth-order valence-corrected chi connectivity index (χ4v) is 4.09. The first-order valence-corrected chi connectivity index (χ1v) is 8.93. The first-order valence-electron chi connectivity index (χ1n) is 8.93. The Morgan fingerprint density at radius 3 is 2.52 bits per heavy atom. The summed E-state index contributed by atoms with van der Waals surface area (Å²) in [5.74, 6) is -0.230. The first kappa shape index (κ1) is 18.2. The van der Waals surface area contributed by atoms with Crippen molar-refractivity contribution in [3.63, 3.8) is 0 Å². The van der Waals surface area contributed by atoms with Crippen LogP contribution in [0, 0.1) is 0 Å². The van der Waals surface area contributed by atoms with E-state index in [1.807, 2.05) is 18.9 Å². The van der Waals surface area contributed by atoms with Crippen molar-refractivity contribution in [1.29, 1.82) is 0 Å². The number of piperidine rings is 1. The van der Waals surface area contributed by atoms with E-state index in [4.69, 9.17) is 0 Å². The van der Waals surface area contributed by atoms with Gasteiger partial charge in [0.2, 0.25) is 5.91 Å². The van der Waals surface area contributed by atoms with Crippen molar-refractivity contribution in [3.05, 3.63) is 35.4 Å². The Morgan fingerprint density at radius 1 is 1.28 bits per heavy atom. The van der Waals surface area contributed by atoms with Crippen molar-refractivity contribution < 1.29 is 18.0 Å². The molecule has 1 aromatic carbocycles. The predicted octanol–water partition coefficient (Wildman–Crippen LogP) is 3.94. The van der Waals surface area contributed by atoms with Crippen molar-refractivity contribution in [2.24, 2.45) is 0 Å². The van der Waals surface area contributed by atoms with E-state index in [1.54, 1.807) is 6.07 Å². The molecular formula is C19H25F3N2O. The molecule has 2 bridgehead atoms. The van der Waals surface area contributed by atoms with Gasteiger partial charge in [-0.1, -0.05) is 25.1 Å². The summed E-state index contributed by atoms with van der Waals surface area (Å²) in [6.45, 7) is 1.81. The average molecular weight is 354 g/mol. The fraction of sp³-hybridized carbons (Fsp3) is 0.632. The number of hydrogen-bond donors (Lipinski definition) is 1. The van der Waals surface area contributed by atoms with Crippen LogP contribution in [0.15, 0.2) is 24.3 Å². The molecule has 2 saturated heterocycles. The average Bonchev–Trinajstić information content (AvgIpc) is 2.91. The Hall–Kier alpha value is -1.56. The molecule has 2 fully saturated rings. The Balaban J connectivity index is 1.62. The lowest BCUT2D eigenvalue weighted by molar-refractivity contribution is -0.137. The van der Waals surface area contributed by atoms with Crippen molar-refractivity contribution in [2.45, 2.75) is 69.2 Å². The van der Waals surface area contributed by atoms with Crippen molar-refractivity contribution in [1.82, 2.24) is 10.2 Å². The number of carbonyl (C=O) groups is 1. The van der Waals surface area contributed by atoms with Gasteiger partial charge in [-0.2, -0.15) is 13.2 Å². The number of carbonyl (C=O) groups excluding carboxylic acids is 1. The highest BCUT2D eigenvalue weighted by atomic mass is 19.4. The van der Waals surface area contributed by atoms with Gasteiger partial charge in [0.15, 0.2) is 0 Å². The van der Waals surface area contributed by atoms with Gasteiger partial charge in [-0.15, -0.1) is 0 Å². The summed E-state index contributed by atoms with van der Waals surface area (Å²) in [5, 5.41) is 3.56. The molecule has 3 rings (SSSR count). The van der Waals surface area contributed by atoms with Crippen molar-refractivity contribution >= 4 is 5.91 Å². The van der Waals surface area contributed by atoms with Crippen LogP contribution >= 0.6 is 0 Å². The van der Waals surface area contributed by atoms with Gasteiger partial charge in [0.1, 0.15) is 0 Å². The molecule has 1 N–H and O–H groups in total. The minimum absolute atomic E-state index is 0.0104. The number of fused-ring (bicyclic) bond motifs is 2. The largest absolute Gasteiger partial charge is 0.416 e. The van der Waals surface area contributed by atoms with Crippen LogP contribution in [0.3, 0.4) is 0 Å². The number of alkyl halides is 3.